The van der Waals surface area contributed by atoms with Crippen LogP contribution in [0.1, 0.15) is 58.3 Å². The summed E-state index contributed by atoms with van der Waals surface area (Å²) < 4.78 is 120. The molecule has 32 heteroatoms. The molecule has 28 nitrogen and oxygen atoms in total. The maximum atomic E-state index is 14.1. The van der Waals surface area contributed by atoms with Crippen molar-refractivity contribution < 1.29 is 108 Å². The molecule has 2 saturated heterocycles. The quantitative estimate of drug-likeness (QED) is 0.0182. The van der Waals surface area contributed by atoms with E-state index >= 15 is 0 Å². The van der Waals surface area contributed by atoms with Crippen molar-refractivity contribution in [3.63, 3.8) is 0 Å². The van der Waals surface area contributed by atoms with Crippen LogP contribution in [0.25, 0.3) is 0 Å². The Morgan fingerprint density at radius 3 is 1.19 bits per heavy atom. The highest BCUT2D eigenvalue weighted by Crippen LogP contribution is 2.41. The standard InChI is InChI=1S/C64H87Cl2N5O23S2/c1-2-83-35-44-90-47-60(74)71(27-33-86-38-42-88-40-36-84-31-25-67-58(72)21-15-54-45-63(23-29-91-54,61(75)69-77)95(79,80)56-17-11-52(12-18-56)93-50-7-3-48(65)4-8-50)28-34-87-39-43-89-41-37-85-32-26-68-59(73)22-16-55-46-64(24-30-92-55,62(76)70-78)96(81,82)57-19-13-53(14-20-57)94-51-9-5-49(66)6-10-51/h3-14,17-20,54-55,77-78H,2,15-16,21-47H2,1H3,(H,67,72)(H,68,73)(H,69,75)(H,70,76). The molecule has 4 aromatic rings. The Morgan fingerprint density at radius 2 is 0.823 bits per heavy atom. The zero-order valence-corrected chi connectivity index (χ0v) is 56.7. The molecule has 6 rings (SSSR count). The van der Waals surface area contributed by atoms with Crippen LogP contribution in [-0.2, 0) is 91.0 Å². The van der Waals surface area contributed by atoms with Gasteiger partial charge in [-0.05, 0) is 130 Å². The number of hydrogen-bond acceptors (Lipinski definition) is 23. The van der Waals surface area contributed by atoms with Crippen molar-refractivity contribution in [2.45, 2.75) is 89.8 Å². The van der Waals surface area contributed by atoms with Gasteiger partial charge in [0.1, 0.15) is 29.6 Å². The van der Waals surface area contributed by atoms with Crippen molar-refractivity contribution in [1.82, 2.24) is 26.5 Å². The SMILES string of the molecule is CCOCCOCC(=O)N(CCOCCOCCOCCNC(=O)CCC1CC(C(=O)NO)(S(=O)(=O)c2ccc(Oc3ccc(Cl)cc3)cc2)CCO1)CCOCCOCCOCCNC(=O)CCC1CC(C(=O)NO)(S(=O)(=O)c2ccc(Oc3ccc(Cl)cc3)cc2)CCO1. The van der Waals surface area contributed by atoms with Crippen LogP contribution < -0.4 is 31.1 Å². The van der Waals surface area contributed by atoms with E-state index in [1.54, 1.807) is 53.4 Å². The fourth-order valence-corrected chi connectivity index (χ4v) is 14.5. The van der Waals surface area contributed by atoms with Crippen molar-refractivity contribution in [2.24, 2.45) is 0 Å². The number of halogens is 2. The molecule has 0 spiro atoms. The van der Waals surface area contributed by atoms with Crippen molar-refractivity contribution in [3.05, 3.63) is 107 Å². The molecule has 2 aliphatic heterocycles. The Balaban J connectivity index is 0.771. The number of hydrogen-bond donors (Lipinski definition) is 6. The molecule has 2 heterocycles. The van der Waals surface area contributed by atoms with E-state index in [0.29, 0.717) is 46.3 Å². The van der Waals surface area contributed by atoms with E-state index in [2.05, 4.69) is 10.6 Å². The lowest BCUT2D eigenvalue weighted by molar-refractivity contribution is -0.138. The van der Waals surface area contributed by atoms with E-state index in [4.69, 9.17) is 80.0 Å². The Morgan fingerprint density at radius 1 is 0.490 bits per heavy atom. The van der Waals surface area contributed by atoms with Gasteiger partial charge in [0.2, 0.25) is 17.7 Å². The number of nitrogens with zero attached hydrogens (tertiary/aromatic N) is 1. The fourth-order valence-electron chi connectivity index (χ4n) is 10.3. The summed E-state index contributed by atoms with van der Waals surface area (Å²) in [6, 6.07) is 24.3. The third-order valence-electron chi connectivity index (χ3n) is 15.4. The second-order valence-corrected chi connectivity index (χ2v) is 27.3. The van der Waals surface area contributed by atoms with Crippen LogP contribution in [0.3, 0.4) is 0 Å². The molecule has 0 radical (unpaired) electrons. The van der Waals surface area contributed by atoms with Crippen LogP contribution >= 0.6 is 23.2 Å². The largest absolute Gasteiger partial charge is 0.457 e. The van der Waals surface area contributed by atoms with Crippen molar-refractivity contribution in [1.29, 1.82) is 0 Å². The van der Waals surface area contributed by atoms with Crippen LogP contribution in [0.15, 0.2) is 107 Å². The molecule has 4 unspecified atom stereocenters. The lowest BCUT2D eigenvalue weighted by Gasteiger charge is -2.38. The van der Waals surface area contributed by atoms with Gasteiger partial charge >= 0.3 is 0 Å². The minimum Gasteiger partial charge on any atom is -0.457 e. The van der Waals surface area contributed by atoms with E-state index in [1.165, 1.54) is 59.5 Å². The van der Waals surface area contributed by atoms with Crippen LogP contribution in [-0.4, -0.2) is 228 Å². The number of nitrogens with one attached hydrogen (secondary N) is 4. The maximum absolute atomic E-state index is 14.1. The van der Waals surface area contributed by atoms with Gasteiger partial charge < -0.3 is 72.4 Å². The van der Waals surface area contributed by atoms with Gasteiger partial charge in [0.25, 0.3) is 11.8 Å². The number of hydroxylamine groups is 2. The predicted octanol–water partition coefficient (Wildman–Crippen LogP) is 5.45. The second-order valence-electron chi connectivity index (χ2n) is 21.9. The summed E-state index contributed by atoms with van der Waals surface area (Å²) in [7, 11) is -8.76. The summed E-state index contributed by atoms with van der Waals surface area (Å²) in [4.78, 5) is 66.1. The van der Waals surface area contributed by atoms with Gasteiger partial charge in [-0.2, -0.15) is 0 Å². The lowest BCUT2D eigenvalue weighted by Crippen LogP contribution is -2.56. The van der Waals surface area contributed by atoms with Gasteiger partial charge in [-0.3, -0.25) is 34.4 Å². The minimum absolute atomic E-state index is 0.0237. The van der Waals surface area contributed by atoms with Crippen LogP contribution in [0.4, 0.5) is 0 Å². The molecule has 6 N–H and O–H groups in total. The Bertz CT molecular complexity index is 3040. The first-order valence-electron chi connectivity index (χ1n) is 31.5. The van der Waals surface area contributed by atoms with E-state index in [-0.39, 0.29) is 211 Å². The normalized spacial score (nSPS) is 18.1. The topological polar surface area (TPSA) is 356 Å². The third kappa shape index (κ3) is 25.0. The molecule has 0 saturated carbocycles. The number of amides is 5. The van der Waals surface area contributed by atoms with E-state index in [9.17, 15) is 51.2 Å². The lowest BCUT2D eigenvalue weighted by atomic mass is 9.91. The number of carbonyl (C=O) groups excluding carboxylic acids is 5. The van der Waals surface area contributed by atoms with E-state index in [1.807, 2.05) is 6.92 Å². The molecular weight excluding hydrogens is 1340 g/mol. The minimum atomic E-state index is -4.38. The Labute approximate surface area is 569 Å². The second kappa shape index (κ2) is 41.9. The summed E-state index contributed by atoms with van der Waals surface area (Å²) in [5, 5.41) is 25.9. The molecule has 96 heavy (non-hydrogen) atoms. The number of ether oxygens (including phenoxy) is 12. The average molecular weight is 1430 g/mol. The Kier molecular flexibility index (Phi) is 34.4. The van der Waals surface area contributed by atoms with Gasteiger partial charge in [-0.1, -0.05) is 23.2 Å². The number of benzene rings is 4. The first-order chi connectivity index (χ1) is 46.4. The van der Waals surface area contributed by atoms with Crippen molar-refractivity contribution in [2.75, 3.05) is 145 Å². The molecule has 0 bridgehead atoms. The van der Waals surface area contributed by atoms with Gasteiger partial charge in [-0.25, -0.2) is 27.8 Å². The van der Waals surface area contributed by atoms with Crippen molar-refractivity contribution >= 4 is 72.4 Å². The smallest absolute Gasteiger partial charge is 0.265 e. The first-order valence-corrected chi connectivity index (χ1v) is 35.2. The molecule has 0 aromatic heterocycles. The van der Waals surface area contributed by atoms with Gasteiger partial charge in [0.05, 0.1) is 114 Å². The van der Waals surface area contributed by atoms with E-state index < -0.39 is 53.2 Å². The van der Waals surface area contributed by atoms with Crippen molar-refractivity contribution in [3.8, 4) is 23.0 Å². The van der Waals surface area contributed by atoms with E-state index in [0.717, 1.165) is 0 Å². The molecule has 2 fully saturated rings. The fraction of sp³-hybridized carbons (Fsp3) is 0.547. The van der Waals surface area contributed by atoms with Crippen LogP contribution in [0.5, 0.6) is 23.0 Å². The highest BCUT2D eigenvalue weighted by atomic mass is 35.5. The number of sulfone groups is 2. The highest BCUT2D eigenvalue weighted by Gasteiger charge is 2.56. The summed E-state index contributed by atoms with van der Waals surface area (Å²) >= 11 is 11.9. The van der Waals surface area contributed by atoms with Gasteiger partial charge in [0, 0.05) is 81.7 Å². The monoisotopic (exact) mass is 1430 g/mol. The average Bonchev–Trinajstić information content (AvgIpc) is 0.752. The summed E-state index contributed by atoms with van der Waals surface area (Å²) in [5.74, 6) is -1.44. The molecule has 0 aliphatic carbocycles. The number of rotatable bonds is 46. The predicted molar refractivity (Wildman–Crippen MR) is 347 cm³/mol. The van der Waals surface area contributed by atoms with Crippen LogP contribution in [0, 0.1) is 0 Å². The first kappa shape index (κ1) is 78.8. The molecular formula is C64H87Cl2N5O23S2. The summed E-state index contributed by atoms with van der Waals surface area (Å²) in [5.41, 5.74) is 3.06. The summed E-state index contributed by atoms with van der Waals surface area (Å²) in [6.07, 6.45) is -2.41. The molecule has 532 valence electrons. The molecule has 4 aromatic carbocycles. The Hall–Kier alpha value is -6.17. The highest BCUT2D eigenvalue weighted by molar-refractivity contribution is 7.94. The van der Waals surface area contributed by atoms with Crippen LogP contribution in [0.2, 0.25) is 10.0 Å². The molecule has 2 aliphatic rings. The van der Waals surface area contributed by atoms with Gasteiger partial charge in [0.15, 0.2) is 29.2 Å². The summed E-state index contributed by atoms with van der Waals surface area (Å²) in [6.45, 7) is 6.41. The molecule has 4 atom stereocenters. The van der Waals surface area contributed by atoms with Gasteiger partial charge in [-0.15, -0.1) is 0 Å². The third-order valence-corrected chi connectivity index (χ3v) is 20.9. The molecule has 5 amide bonds. The maximum Gasteiger partial charge on any atom is 0.265 e. The zero-order chi connectivity index (χ0) is 69.1. The zero-order valence-electron chi connectivity index (χ0n) is 53.6. The number of carbonyl (C=O) groups is 5.